The van der Waals surface area contributed by atoms with Crippen molar-refractivity contribution in [2.24, 2.45) is 17.8 Å². The van der Waals surface area contributed by atoms with E-state index in [1.165, 1.54) is 44.9 Å². The first-order chi connectivity index (χ1) is 9.24. The maximum Gasteiger partial charge on any atom is 0.0580 e. The molecule has 0 aromatic heterocycles. The van der Waals surface area contributed by atoms with Gasteiger partial charge >= 0.3 is 0 Å². The van der Waals surface area contributed by atoms with E-state index in [0.29, 0.717) is 0 Å². The van der Waals surface area contributed by atoms with Gasteiger partial charge in [0.1, 0.15) is 0 Å². The first-order valence-corrected chi connectivity index (χ1v) is 8.31. The van der Waals surface area contributed by atoms with Gasteiger partial charge in [-0.2, -0.15) is 0 Å². The number of rotatable bonds is 0. The summed E-state index contributed by atoms with van der Waals surface area (Å²) in [4.78, 5) is 0. The van der Waals surface area contributed by atoms with E-state index < -0.39 is 0 Å². The molecular formula is C18H26O. The molecular weight excluding hydrogens is 232 g/mol. The maximum atomic E-state index is 9.89. The molecule has 1 N–H and O–H groups in total. The summed E-state index contributed by atoms with van der Waals surface area (Å²) >= 11 is 0. The summed E-state index contributed by atoms with van der Waals surface area (Å²) in [6, 6.07) is 0. The second-order valence-corrected chi connectivity index (χ2v) is 7.32. The van der Waals surface area contributed by atoms with E-state index in [0.717, 1.165) is 30.6 Å². The highest BCUT2D eigenvalue weighted by atomic mass is 16.3. The minimum absolute atomic E-state index is 0.0388. The predicted octanol–water partition coefficient (Wildman–Crippen LogP) is 4.37. The Labute approximate surface area is 116 Å². The van der Waals surface area contributed by atoms with Crippen molar-refractivity contribution < 1.29 is 5.11 Å². The van der Waals surface area contributed by atoms with Crippen LogP contribution in [0.15, 0.2) is 22.3 Å². The van der Waals surface area contributed by atoms with Gasteiger partial charge in [0.2, 0.25) is 0 Å². The van der Waals surface area contributed by atoms with Gasteiger partial charge in [0.25, 0.3) is 0 Å². The summed E-state index contributed by atoms with van der Waals surface area (Å²) in [6.07, 6.45) is 11.4. The Morgan fingerprint density at radius 2 is 1.58 bits per heavy atom. The molecule has 104 valence electrons. The lowest BCUT2D eigenvalue weighted by Crippen LogP contribution is -2.35. The largest absolute Gasteiger partial charge is 0.393 e. The number of allylic oxidation sites excluding steroid dienone is 3. The predicted molar refractivity (Wildman–Crippen MR) is 77.8 cm³/mol. The summed E-state index contributed by atoms with van der Waals surface area (Å²) < 4.78 is 0. The van der Waals surface area contributed by atoms with E-state index in [4.69, 9.17) is 0 Å². The fourth-order valence-electron chi connectivity index (χ4n) is 5.60. The first-order valence-electron chi connectivity index (χ1n) is 8.31. The molecule has 1 heteroatoms. The molecule has 4 atom stereocenters. The van der Waals surface area contributed by atoms with Gasteiger partial charge in [0, 0.05) is 0 Å². The molecule has 0 aliphatic heterocycles. The number of aliphatic hydroxyl groups excluding tert-OH is 1. The number of hydrogen-bond donors (Lipinski definition) is 1. The molecule has 4 unspecified atom stereocenters. The smallest absolute Gasteiger partial charge is 0.0580 e. The molecule has 0 bridgehead atoms. The van der Waals surface area contributed by atoms with E-state index >= 15 is 0 Å². The number of fused-ring (bicyclic) bond motifs is 4. The molecule has 0 saturated heterocycles. The van der Waals surface area contributed by atoms with Gasteiger partial charge in [-0.25, -0.2) is 0 Å². The lowest BCUT2D eigenvalue weighted by atomic mass is 9.60. The Bertz CT molecular complexity index is 456. The summed E-state index contributed by atoms with van der Waals surface area (Å²) in [7, 11) is 0. The highest BCUT2D eigenvalue weighted by Gasteiger charge is 2.43. The van der Waals surface area contributed by atoms with Crippen LogP contribution in [-0.2, 0) is 0 Å². The molecule has 4 aliphatic rings. The molecule has 0 aromatic rings. The fraction of sp³-hybridized carbons (Fsp3) is 0.778. The van der Waals surface area contributed by atoms with Crippen LogP contribution in [-0.4, -0.2) is 11.2 Å². The van der Waals surface area contributed by atoms with Crippen molar-refractivity contribution in [3.05, 3.63) is 22.3 Å². The van der Waals surface area contributed by atoms with E-state index in [9.17, 15) is 5.11 Å². The zero-order valence-electron chi connectivity index (χ0n) is 12.1. The summed E-state index contributed by atoms with van der Waals surface area (Å²) in [5.74, 6) is 2.77. The van der Waals surface area contributed by atoms with E-state index in [1.54, 1.807) is 16.7 Å². The summed E-state index contributed by atoms with van der Waals surface area (Å²) in [5, 5.41) is 9.89. The van der Waals surface area contributed by atoms with Crippen LogP contribution in [0.5, 0.6) is 0 Å². The molecule has 19 heavy (non-hydrogen) atoms. The van der Waals surface area contributed by atoms with E-state index in [-0.39, 0.29) is 6.10 Å². The van der Waals surface area contributed by atoms with Gasteiger partial charge in [-0.05, 0) is 82.5 Å². The molecule has 0 amide bonds. The SMILES string of the molecule is CC1=C2CCC3C4=C(CCC3C2CC1)CC(O)CC4. The topological polar surface area (TPSA) is 20.2 Å². The van der Waals surface area contributed by atoms with Gasteiger partial charge in [-0.15, -0.1) is 0 Å². The minimum atomic E-state index is -0.0388. The average Bonchev–Trinajstić information content (AvgIpc) is 2.80. The van der Waals surface area contributed by atoms with Crippen molar-refractivity contribution in [2.45, 2.75) is 70.8 Å². The van der Waals surface area contributed by atoms with Crippen molar-refractivity contribution in [2.75, 3.05) is 0 Å². The summed E-state index contributed by atoms with van der Waals surface area (Å²) in [6.45, 7) is 2.38. The van der Waals surface area contributed by atoms with Crippen LogP contribution in [0.3, 0.4) is 0 Å². The molecule has 1 fully saturated rings. The molecule has 1 nitrogen and oxygen atoms in total. The van der Waals surface area contributed by atoms with Crippen LogP contribution in [0.2, 0.25) is 0 Å². The molecule has 1 saturated carbocycles. The molecule has 0 heterocycles. The Morgan fingerprint density at radius 3 is 2.47 bits per heavy atom. The highest BCUT2D eigenvalue weighted by molar-refractivity contribution is 5.32. The third-order valence-corrected chi connectivity index (χ3v) is 6.49. The van der Waals surface area contributed by atoms with Gasteiger partial charge in [-0.1, -0.05) is 22.3 Å². The van der Waals surface area contributed by atoms with Crippen LogP contribution in [0, 0.1) is 17.8 Å². The molecule has 4 aliphatic carbocycles. The molecule has 0 spiro atoms. The van der Waals surface area contributed by atoms with Gasteiger partial charge in [0.05, 0.1) is 6.10 Å². The Kier molecular flexibility index (Phi) is 2.88. The second-order valence-electron chi connectivity index (χ2n) is 7.32. The first kappa shape index (κ1) is 12.2. The van der Waals surface area contributed by atoms with Crippen LogP contribution in [0.4, 0.5) is 0 Å². The minimum Gasteiger partial charge on any atom is -0.393 e. The normalized spacial score (nSPS) is 42.0. The average molecular weight is 258 g/mol. The number of hydrogen-bond acceptors (Lipinski definition) is 1. The van der Waals surface area contributed by atoms with Crippen molar-refractivity contribution in [1.82, 2.24) is 0 Å². The second kappa shape index (κ2) is 4.48. The van der Waals surface area contributed by atoms with Gasteiger partial charge in [-0.3, -0.25) is 0 Å². The lowest BCUT2D eigenvalue weighted by molar-refractivity contribution is 0.134. The van der Waals surface area contributed by atoms with Crippen molar-refractivity contribution in [3.63, 3.8) is 0 Å². The Balaban J connectivity index is 1.64. The van der Waals surface area contributed by atoms with Crippen molar-refractivity contribution >= 4 is 0 Å². The van der Waals surface area contributed by atoms with Crippen LogP contribution in [0.1, 0.15) is 64.7 Å². The standard InChI is InChI=1S/C18H26O/c1-11-2-5-16-14(11)8-9-17-15-7-4-13(19)10-12(15)3-6-18(16)17/h13,16-19H,2-10H2,1H3. The zero-order valence-corrected chi connectivity index (χ0v) is 12.1. The van der Waals surface area contributed by atoms with Crippen molar-refractivity contribution in [1.29, 1.82) is 0 Å². The van der Waals surface area contributed by atoms with Crippen LogP contribution in [0.25, 0.3) is 0 Å². The monoisotopic (exact) mass is 258 g/mol. The fourth-order valence-corrected chi connectivity index (χ4v) is 5.60. The van der Waals surface area contributed by atoms with Gasteiger partial charge < -0.3 is 5.11 Å². The maximum absolute atomic E-state index is 9.89. The molecule has 0 aromatic carbocycles. The van der Waals surface area contributed by atoms with Gasteiger partial charge in [0.15, 0.2) is 0 Å². The number of aliphatic hydroxyl groups is 1. The Morgan fingerprint density at radius 1 is 0.842 bits per heavy atom. The third-order valence-electron chi connectivity index (χ3n) is 6.49. The van der Waals surface area contributed by atoms with E-state index in [2.05, 4.69) is 6.92 Å². The Hall–Kier alpha value is -0.560. The highest BCUT2D eigenvalue weighted by Crippen LogP contribution is 2.55. The third kappa shape index (κ3) is 1.85. The lowest BCUT2D eigenvalue weighted by Gasteiger charge is -2.45. The quantitative estimate of drug-likeness (QED) is 0.639. The summed E-state index contributed by atoms with van der Waals surface area (Å²) in [5.41, 5.74) is 7.02. The molecule has 4 rings (SSSR count). The van der Waals surface area contributed by atoms with Crippen LogP contribution >= 0.6 is 0 Å². The molecule has 0 radical (unpaired) electrons. The van der Waals surface area contributed by atoms with E-state index in [1.807, 2.05) is 5.57 Å². The van der Waals surface area contributed by atoms with Crippen molar-refractivity contribution in [3.8, 4) is 0 Å². The zero-order chi connectivity index (χ0) is 13.0. The van der Waals surface area contributed by atoms with Crippen LogP contribution < -0.4 is 0 Å².